The molecular weight excluding hydrogens is 364 g/mol. The topological polar surface area (TPSA) is 70.5 Å². The van der Waals surface area contributed by atoms with Crippen LogP contribution < -0.4 is 5.32 Å². The lowest BCUT2D eigenvalue weighted by atomic mass is 10.0. The van der Waals surface area contributed by atoms with Gasteiger partial charge in [0.05, 0.1) is 12.3 Å². The molecule has 2 aromatic rings. The van der Waals surface area contributed by atoms with E-state index in [4.69, 9.17) is 4.74 Å². The van der Waals surface area contributed by atoms with E-state index in [0.717, 1.165) is 61.8 Å². The van der Waals surface area contributed by atoms with E-state index in [1.807, 2.05) is 25.1 Å². The number of phenols is 1. The molecule has 2 N–H and O–H groups in total. The number of benzene rings is 1. The number of nitrogens with zero attached hydrogens (tertiary/aromatic N) is 3. The summed E-state index contributed by atoms with van der Waals surface area (Å²) < 4.78 is 5.56. The summed E-state index contributed by atoms with van der Waals surface area (Å²) in [6.45, 7) is 5.97. The van der Waals surface area contributed by atoms with Gasteiger partial charge in [0.25, 0.3) is 0 Å². The molecule has 3 fully saturated rings. The number of hydrogen-bond donors (Lipinski definition) is 2. The van der Waals surface area contributed by atoms with Crippen molar-refractivity contribution in [2.75, 3.05) is 31.6 Å². The summed E-state index contributed by atoms with van der Waals surface area (Å²) in [6.07, 6.45) is 5.94. The summed E-state index contributed by atoms with van der Waals surface area (Å²) in [4.78, 5) is 2.56. The first-order chi connectivity index (χ1) is 14.2. The average molecular weight is 395 g/mol. The summed E-state index contributed by atoms with van der Waals surface area (Å²) in [7, 11) is 0. The lowest BCUT2D eigenvalue weighted by Crippen LogP contribution is -2.47. The smallest absolute Gasteiger partial charge is 0.149 e. The van der Waals surface area contributed by atoms with Crippen LogP contribution in [-0.2, 0) is 4.74 Å². The molecule has 154 valence electrons. The molecule has 5 rings (SSSR count). The molecule has 2 atom stereocenters. The van der Waals surface area contributed by atoms with Crippen LogP contribution >= 0.6 is 0 Å². The van der Waals surface area contributed by atoms with Crippen LogP contribution in [-0.4, -0.2) is 58.6 Å². The summed E-state index contributed by atoms with van der Waals surface area (Å²) in [5, 5.41) is 23.0. The van der Waals surface area contributed by atoms with Gasteiger partial charge >= 0.3 is 0 Å². The van der Waals surface area contributed by atoms with Crippen LogP contribution in [0.5, 0.6) is 5.75 Å². The van der Waals surface area contributed by atoms with Crippen molar-refractivity contribution in [2.24, 2.45) is 0 Å². The van der Waals surface area contributed by atoms with E-state index in [-0.39, 0.29) is 0 Å². The second-order valence-corrected chi connectivity index (χ2v) is 8.81. The predicted molar refractivity (Wildman–Crippen MR) is 113 cm³/mol. The Morgan fingerprint density at radius 3 is 2.76 bits per heavy atom. The number of rotatable bonds is 5. The fraction of sp³-hybridized carbons (Fsp3) is 0.565. The lowest BCUT2D eigenvalue weighted by molar-refractivity contribution is 0.123. The summed E-state index contributed by atoms with van der Waals surface area (Å²) in [5.41, 5.74) is 3.76. The second-order valence-electron chi connectivity index (χ2n) is 8.81. The average Bonchev–Trinajstić information content (AvgIpc) is 3.43. The Hall–Kier alpha value is -2.18. The lowest BCUT2D eigenvalue weighted by Gasteiger charge is -2.36. The van der Waals surface area contributed by atoms with E-state index < -0.39 is 0 Å². The summed E-state index contributed by atoms with van der Waals surface area (Å²) in [6, 6.07) is 8.99. The van der Waals surface area contributed by atoms with Crippen LogP contribution in [0.25, 0.3) is 11.3 Å². The van der Waals surface area contributed by atoms with Crippen molar-refractivity contribution in [1.29, 1.82) is 0 Å². The number of ether oxygens (including phenoxy) is 1. The molecule has 1 aliphatic carbocycles. The Kier molecular flexibility index (Phi) is 5.14. The maximum absolute atomic E-state index is 10.5. The van der Waals surface area contributed by atoms with Crippen molar-refractivity contribution in [3.05, 3.63) is 35.4 Å². The molecule has 2 aliphatic heterocycles. The van der Waals surface area contributed by atoms with Gasteiger partial charge in [0, 0.05) is 30.8 Å². The molecule has 1 saturated carbocycles. The standard InChI is InChI=1S/C23H30N4O2/c1-15-11-22(24-18-3-2-9-27(13-18)19-8-10-29-14-19)25-26-23(15)20-7-6-17(12-21(20)28)16-4-5-16/h6-7,11-12,16,18-19,28H,2-5,8-10,13-14H2,1H3,(H,24,25)/t18-,19?/m0/s1. The van der Waals surface area contributed by atoms with Crippen LogP contribution in [0.3, 0.4) is 0 Å². The summed E-state index contributed by atoms with van der Waals surface area (Å²) >= 11 is 0. The molecule has 6 nitrogen and oxygen atoms in total. The number of aromatic hydroxyl groups is 1. The molecule has 0 bridgehead atoms. The van der Waals surface area contributed by atoms with E-state index in [1.165, 1.54) is 24.8 Å². The fourth-order valence-electron chi connectivity index (χ4n) is 4.72. The molecule has 3 heterocycles. The number of nitrogens with one attached hydrogen (secondary N) is 1. The minimum atomic E-state index is 0.300. The first-order valence-electron chi connectivity index (χ1n) is 10.9. The van der Waals surface area contributed by atoms with Gasteiger partial charge in [-0.25, -0.2) is 0 Å². The fourth-order valence-corrected chi connectivity index (χ4v) is 4.72. The molecule has 2 saturated heterocycles. The number of piperidine rings is 1. The zero-order valence-electron chi connectivity index (χ0n) is 17.1. The van der Waals surface area contributed by atoms with Crippen LogP contribution in [0.4, 0.5) is 5.82 Å². The third-order valence-corrected chi connectivity index (χ3v) is 6.54. The van der Waals surface area contributed by atoms with Crippen LogP contribution in [0.2, 0.25) is 0 Å². The second kappa shape index (κ2) is 7.92. The van der Waals surface area contributed by atoms with Gasteiger partial charge in [0.15, 0.2) is 0 Å². The molecule has 0 spiro atoms. The highest BCUT2D eigenvalue weighted by Crippen LogP contribution is 2.43. The number of aromatic nitrogens is 2. The minimum Gasteiger partial charge on any atom is -0.507 e. The van der Waals surface area contributed by atoms with Gasteiger partial charge < -0.3 is 15.2 Å². The van der Waals surface area contributed by atoms with Crippen molar-refractivity contribution in [3.8, 4) is 17.0 Å². The number of aryl methyl sites for hydroxylation is 1. The van der Waals surface area contributed by atoms with Gasteiger partial charge in [-0.1, -0.05) is 6.07 Å². The molecule has 6 heteroatoms. The highest BCUT2D eigenvalue weighted by molar-refractivity contribution is 5.70. The van der Waals surface area contributed by atoms with Crippen molar-refractivity contribution in [3.63, 3.8) is 0 Å². The Balaban J connectivity index is 1.28. The van der Waals surface area contributed by atoms with Crippen LogP contribution in [0, 0.1) is 6.92 Å². The SMILES string of the molecule is Cc1cc(N[C@H]2CCCN(C3CCOC3)C2)nnc1-c1ccc(C2CC2)cc1O. The monoisotopic (exact) mass is 394 g/mol. The van der Waals surface area contributed by atoms with E-state index in [9.17, 15) is 5.11 Å². The van der Waals surface area contributed by atoms with Gasteiger partial charge in [0.2, 0.25) is 0 Å². The maximum Gasteiger partial charge on any atom is 0.149 e. The van der Waals surface area contributed by atoms with Crippen molar-refractivity contribution >= 4 is 5.82 Å². The number of hydrogen-bond acceptors (Lipinski definition) is 6. The first kappa shape index (κ1) is 18.8. The predicted octanol–water partition coefficient (Wildman–Crippen LogP) is 3.70. The molecule has 3 aliphatic rings. The highest BCUT2D eigenvalue weighted by Gasteiger charge is 2.29. The van der Waals surface area contributed by atoms with Gasteiger partial charge in [-0.05, 0) is 80.8 Å². The maximum atomic E-state index is 10.5. The van der Waals surface area contributed by atoms with Gasteiger partial charge in [-0.2, -0.15) is 0 Å². The first-order valence-corrected chi connectivity index (χ1v) is 10.9. The Morgan fingerprint density at radius 2 is 2.03 bits per heavy atom. The molecule has 1 aromatic carbocycles. The highest BCUT2D eigenvalue weighted by atomic mass is 16.5. The third-order valence-electron chi connectivity index (χ3n) is 6.54. The molecular formula is C23H30N4O2. The quantitative estimate of drug-likeness (QED) is 0.806. The zero-order chi connectivity index (χ0) is 19.8. The Bertz CT molecular complexity index is 877. The van der Waals surface area contributed by atoms with Crippen LogP contribution in [0.15, 0.2) is 24.3 Å². The zero-order valence-corrected chi connectivity index (χ0v) is 17.1. The number of anilines is 1. The van der Waals surface area contributed by atoms with E-state index in [0.29, 0.717) is 23.8 Å². The minimum absolute atomic E-state index is 0.300. The van der Waals surface area contributed by atoms with E-state index in [1.54, 1.807) is 0 Å². The molecule has 29 heavy (non-hydrogen) atoms. The molecule has 1 aromatic heterocycles. The van der Waals surface area contributed by atoms with Gasteiger partial charge in [0.1, 0.15) is 11.6 Å². The van der Waals surface area contributed by atoms with E-state index >= 15 is 0 Å². The van der Waals surface area contributed by atoms with Crippen molar-refractivity contribution in [2.45, 2.75) is 57.0 Å². The Morgan fingerprint density at radius 1 is 1.14 bits per heavy atom. The number of likely N-dealkylation sites (tertiary alicyclic amines) is 1. The molecule has 0 radical (unpaired) electrons. The largest absolute Gasteiger partial charge is 0.507 e. The third kappa shape index (κ3) is 4.09. The van der Waals surface area contributed by atoms with Crippen molar-refractivity contribution in [1.82, 2.24) is 15.1 Å². The van der Waals surface area contributed by atoms with Gasteiger partial charge in [-0.3, -0.25) is 4.90 Å². The number of phenolic OH excluding ortho intramolecular Hbond substituents is 1. The van der Waals surface area contributed by atoms with Crippen LogP contribution in [0.1, 0.15) is 49.1 Å². The van der Waals surface area contributed by atoms with Crippen molar-refractivity contribution < 1.29 is 9.84 Å². The molecule has 1 unspecified atom stereocenters. The van der Waals surface area contributed by atoms with Gasteiger partial charge in [-0.15, -0.1) is 10.2 Å². The van der Waals surface area contributed by atoms with E-state index in [2.05, 4.69) is 26.5 Å². The molecule has 0 amide bonds. The normalized spacial score (nSPS) is 25.3. The summed E-state index contributed by atoms with van der Waals surface area (Å²) in [5.74, 6) is 1.74. The Labute approximate surface area is 172 Å².